The van der Waals surface area contributed by atoms with Crippen LogP contribution in [0.5, 0.6) is 0 Å². The van der Waals surface area contributed by atoms with E-state index < -0.39 is 0 Å². The van der Waals surface area contributed by atoms with Crippen molar-refractivity contribution >= 4 is 11.5 Å². The second kappa shape index (κ2) is 6.06. The van der Waals surface area contributed by atoms with E-state index in [9.17, 15) is 0 Å². The molecule has 0 aliphatic heterocycles. The van der Waals surface area contributed by atoms with Crippen LogP contribution in [0, 0.1) is 6.92 Å². The van der Waals surface area contributed by atoms with Crippen LogP contribution >= 0.6 is 11.5 Å². The van der Waals surface area contributed by atoms with Gasteiger partial charge in [-0.3, -0.25) is 4.68 Å². The minimum atomic E-state index is 0.146. The summed E-state index contributed by atoms with van der Waals surface area (Å²) in [6, 6.07) is 2.21. The lowest BCUT2D eigenvalue weighted by atomic mass is 10.1. The third-order valence-electron chi connectivity index (χ3n) is 2.89. The van der Waals surface area contributed by atoms with Crippen LogP contribution in [0.25, 0.3) is 0 Å². The van der Waals surface area contributed by atoms with Gasteiger partial charge in [-0.15, -0.1) is 5.10 Å². The molecule has 98 valence electrons. The van der Waals surface area contributed by atoms with Crippen molar-refractivity contribution in [3.63, 3.8) is 0 Å². The smallest absolute Gasteiger partial charge is 0.0877 e. The molecular weight excluding hydrogens is 246 g/mol. The summed E-state index contributed by atoms with van der Waals surface area (Å²) in [5, 5.41) is 12.0. The second-order valence-corrected chi connectivity index (χ2v) is 4.97. The first kappa shape index (κ1) is 13.2. The summed E-state index contributed by atoms with van der Waals surface area (Å²) in [6.45, 7) is 8.12. The molecule has 0 saturated carbocycles. The van der Waals surface area contributed by atoms with Gasteiger partial charge in [0.05, 0.1) is 22.3 Å². The number of nitrogens with one attached hydrogen (secondary N) is 1. The molecule has 1 atom stereocenters. The molecule has 1 unspecified atom stereocenters. The molecule has 0 saturated heterocycles. The van der Waals surface area contributed by atoms with Gasteiger partial charge in [0.15, 0.2) is 0 Å². The molecule has 0 fully saturated rings. The van der Waals surface area contributed by atoms with E-state index >= 15 is 0 Å². The van der Waals surface area contributed by atoms with E-state index in [1.807, 2.05) is 17.8 Å². The summed E-state index contributed by atoms with van der Waals surface area (Å²) < 4.78 is 6.06. The highest BCUT2D eigenvalue weighted by Gasteiger charge is 2.21. The lowest BCUT2D eigenvalue weighted by Gasteiger charge is -2.18. The van der Waals surface area contributed by atoms with Gasteiger partial charge in [-0.1, -0.05) is 11.4 Å². The van der Waals surface area contributed by atoms with Gasteiger partial charge in [0, 0.05) is 12.7 Å². The number of rotatable bonds is 6. The summed E-state index contributed by atoms with van der Waals surface area (Å²) in [5.41, 5.74) is 2.18. The number of hydrogen-bond acceptors (Lipinski definition) is 5. The Kier molecular flexibility index (Phi) is 4.43. The zero-order chi connectivity index (χ0) is 13.0. The molecule has 0 spiro atoms. The topological polar surface area (TPSA) is 55.6 Å². The molecule has 0 aromatic carbocycles. The zero-order valence-electron chi connectivity index (χ0n) is 11.1. The van der Waals surface area contributed by atoms with E-state index in [2.05, 4.69) is 39.9 Å². The maximum atomic E-state index is 4.34. The van der Waals surface area contributed by atoms with Crippen LogP contribution in [0.4, 0.5) is 0 Å². The highest BCUT2D eigenvalue weighted by molar-refractivity contribution is 7.05. The molecule has 5 nitrogen and oxygen atoms in total. The molecule has 6 heteroatoms. The highest BCUT2D eigenvalue weighted by Crippen LogP contribution is 2.26. The summed E-state index contributed by atoms with van der Waals surface area (Å²) in [4.78, 5) is 1.18. The molecule has 2 aromatic heterocycles. The van der Waals surface area contributed by atoms with Crippen molar-refractivity contribution in [2.24, 2.45) is 0 Å². The van der Waals surface area contributed by atoms with Crippen molar-refractivity contribution in [2.75, 3.05) is 6.54 Å². The molecule has 1 N–H and O–H groups in total. The Labute approximate surface area is 111 Å². The first-order valence-corrected chi connectivity index (χ1v) is 7.09. The lowest BCUT2D eigenvalue weighted by Crippen LogP contribution is -2.25. The Morgan fingerprint density at radius 1 is 1.44 bits per heavy atom. The van der Waals surface area contributed by atoms with Gasteiger partial charge < -0.3 is 5.32 Å². The zero-order valence-corrected chi connectivity index (χ0v) is 11.9. The average molecular weight is 265 g/mol. The number of aryl methyl sites for hydroxylation is 2. The summed E-state index contributed by atoms with van der Waals surface area (Å²) in [6.07, 6.45) is 2.95. The van der Waals surface area contributed by atoms with Crippen molar-refractivity contribution in [1.82, 2.24) is 24.7 Å². The van der Waals surface area contributed by atoms with E-state index in [-0.39, 0.29) is 6.04 Å². The lowest BCUT2D eigenvalue weighted by molar-refractivity contribution is 0.532. The van der Waals surface area contributed by atoms with Crippen LogP contribution in [-0.2, 0) is 6.54 Å². The summed E-state index contributed by atoms with van der Waals surface area (Å²) in [5.74, 6) is 0. The van der Waals surface area contributed by atoms with Gasteiger partial charge in [0.1, 0.15) is 0 Å². The maximum absolute atomic E-state index is 4.34. The average Bonchev–Trinajstić information content (AvgIpc) is 2.99. The number of hydrogen-bond donors (Lipinski definition) is 1. The highest BCUT2D eigenvalue weighted by atomic mass is 32.1. The largest absolute Gasteiger partial charge is 0.304 e. The van der Waals surface area contributed by atoms with E-state index in [4.69, 9.17) is 0 Å². The van der Waals surface area contributed by atoms with E-state index in [0.29, 0.717) is 0 Å². The number of aromatic nitrogens is 4. The first-order chi connectivity index (χ1) is 8.77. The predicted octanol–water partition coefficient (Wildman–Crippen LogP) is 2.15. The van der Waals surface area contributed by atoms with Crippen molar-refractivity contribution in [2.45, 2.75) is 39.8 Å². The summed E-state index contributed by atoms with van der Waals surface area (Å²) in [7, 11) is 0. The molecule has 0 bridgehead atoms. The van der Waals surface area contributed by atoms with E-state index in [1.165, 1.54) is 22.1 Å². The Morgan fingerprint density at radius 2 is 2.28 bits per heavy atom. The quantitative estimate of drug-likeness (QED) is 0.869. The SMILES string of the molecule is CCCNC(c1snnc1C)c1ccnn1CC. The van der Waals surface area contributed by atoms with Crippen molar-refractivity contribution < 1.29 is 0 Å². The molecule has 0 amide bonds. The standard InChI is InChI=1S/C12H19N5S/c1-4-7-13-11(12-9(3)15-16-18-12)10-6-8-14-17(10)5-2/h6,8,11,13H,4-5,7H2,1-3H3. The third kappa shape index (κ3) is 2.59. The van der Waals surface area contributed by atoms with Crippen LogP contribution in [0.1, 0.15) is 42.6 Å². The monoisotopic (exact) mass is 265 g/mol. The third-order valence-corrected chi connectivity index (χ3v) is 3.78. The van der Waals surface area contributed by atoms with Gasteiger partial charge in [-0.25, -0.2) is 0 Å². The minimum Gasteiger partial charge on any atom is -0.304 e. The fourth-order valence-corrected chi connectivity index (χ4v) is 2.71. The minimum absolute atomic E-state index is 0.146. The van der Waals surface area contributed by atoms with Gasteiger partial charge >= 0.3 is 0 Å². The fourth-order valence-electron chi connectivity index (χ4n) is 1.98. The molecule has 0 radical (unpaired) electrons. The van der Waals surface area contributed by atoms with Gasteiger partial charge in [0.2, 0.25) is 0 Å². The summed E-state index contributed by atoms with van der Waals surface area (Å²) >= 11 is 1.46. The maximum Gasteiger partial charge on any atom is 0.0877 e. The van der Waals surface area contributed by atoms with Gasteiger partial charge in [-0.05, 0) is 44.4 Å². The Hall–Kier alpha value is -1.27. The second-order valence-electron chi connectivity index (χ2n) is 4.18. The first-order valence-electron chi connectivity index (χ1n) is 6.31. The van der Waals surface area contributed by atoms with Crippen LogP contribution < -0.4 is 5.32 Å². The molecule has 18 heavy (non-hydrogen) atoms. The van der Waals surface area contributed by atoms with Crippen molar-refractivity contribution in [3.8, 4) is 0 Å². The van der Waals surface area contributed by atoms with Crippen LogP contribution in [0.15, 0.2) is 12.3 Å². The Morgan fingerprint density at radius 3 is 2.89 bits per heavy atom. The van der Waals surface area contributed by atoms with Gasteiger partial charge in [0.25, 0.3) is 0 Å². The van der Waals surface area contributed by atoms with E-state index in [0.717, 1.165) is 25.2 Å². The van der Waals surface area contributed by atoms with Gasteiger partial charge in [-0.2, -0.15) is 5.10 Å². The van der Waals surface area contributed by atoms with Crippen LogP contribution in [0.3, 0.4) is 0 Å². The molecule has 2 heterocycles. The van der Waals surface area contributed by atoms with Crippen LogP contribution in [0.2, 0.25) is 0 Å². The van der Waals surface area contributed by atoms with Crippen LogP contribution in [-0.4, -0.2) is 25.9 Å². The molecular formula is C12H19N5S. The van der Waals surface area contributed by atoms with E-state index in [1.54, 1.807) is 0 Å². The van der Waals surface area contributed by atoms with Crippen molar-refractivity contribution in [1.29, 1.82) is 0 Å². The van der Waals surface area contributed by atoms with Crippen molar-refractivity contribution in [3.05, 3.63) is 28.5 Å². The Bertz CT molecular complexity index is 490. The Balaban J connectivity index is 2.34. The molecule has 0 aliphatic rings. The predicted molar refractivity (Wildman–Crippen MR) is 72.7 cm³/mol. The molecule has 0 aliphatic carbocycles. The molecule has 2 rings (SSSR count). The normalized spacial score (nSPS) is 12.8. The number of nitrogens with zero attached hydrogens (tertiary/aromatic N) is 4. The molecule has 2 aromatic rings. The fraction of sp³-hybridized carbons (Fsp3) is 0.583.